The van der Waals surface area contributed by atoms with Gasteiger partial charge in [0, 0.05) is 14.7 Å². The second-order valence-electron chi connectivity index (χ2n) is 7.06. The Bertz CT molecular complexity index is 1290. The quantitative estimate of drug-likeness (QED) is 0.247. The zero-order valence-corrected chi connectivity index (χ0v) is 21.4. The maximum atomic E-state index is 13.1. The standard InChI is InChI=1S/C25H17I2N3O2/c1-16-22(25(31)30(29-16)21-9-3-2-4-10-21)12-19-11-20(26)13-23(27)24(19)32-15-18-8-6-5-7-17(18)14-28/h2-13H,15H2,1H3/b22-12+. The molecule has 0 unspecified atom stereocenters. The van der Waals surface area contributed by atoms with E-state index in [0.29, 0.717) is 22.6 Å². The maximum Gasteiger partial charge on any atom is 0.280 e. The number of para-hydroxylation sites is 1. The molecule has 5 nitrogen and oxygen atoms in total. The van der Waals surface area contributed by atoms with Gasteiger partial charge < -0.3 is 4.74 Å². The lowest BCUT2D eigenvalue weighted by molar-refractivity contribution is -0.114. The van der Waals surface area contributed by atoms with E-state index in [1.165, 1.54) is 5.01 Å². The monoisotopic (exact) mass is 645 g/mol. The third-order valence-corrected chi connectivity index (χ3v) is 6.33. The number of anilines is 1. The van der Waals surface area contributed by atoms with E-state index in [1.807, 2.05) is 73.7 Å². The van der Waals surface area contributed by atoms with Gasteiger partial charge in [0.2, 0.25) is 0 Å². The molecule has 0 N–H and O–H groups in total. The van der Waals surface area contributed by atoms with Crippen molar-refractivity contribution in [2.75, 3.05) is 5.01 Å². The van der Waals surface area contributed by atoms with Crippen molar-refractivity contribution in [1.29, 1.82) is 5.26 Å². The number of halogens is 2. The van der Waals surface area contributed by atoms with Crippen LogP contribution in [0.4, 0.5) is 5.69 Å². The number of nitriles is 1. The van der Waals surface area contributed by atoms with Gasteiger partial charge in [-0.25, -0.2) is 0 Å². The molecule has 1 amide bonds. The van der Waals surface area contributed by atoms with E-state index in [9.17, 15) is 10.1 Å². The fourth-order valence-electron chi connectivity index (χ4n) is 3.33. The van der Waals surface area contributed by atoms with Crippen LogP contribution in [0.3, 0.4) is 0 Å². The van der Waals surface area contributed by atoms with E-state index in [4.69, 9.17) is 4.74 Å². The SMILES string of the molecule is CC1=NN(c2ccccc2)C(=O)/C1=C/c1cc(I)cc(I)c1OCc1ccccc1C#N. The normalized spacial score (nSPS) is 14.4. The van der Waals surface area contributed by atoms with Gasteiger partial charge in [-0.05, 0) is 88.5 Å². The number of rotatable bonds is 5. The second-order valence-corrected chi connectivity index (χ2v) is 9.47. The molecule has 158 valence electrons. The summed E-state index contributed by atoms with van der Waals surface area (Å²) in [5.41, 5.74) is 4.08. The number of hydrogen-bond acceptors (Lipinski definition) is 4. The highest BCUT2D eigenvalue weighted by atomic mass is 127. The molecular weight excluding hydrogens is 628 g/mol. The van der Waals surface area contributed by atoms with Gasteiger partial charge in [-0.1, -0.05) is 36.4 Å². The Labute approximate surface area is 213 Å². The fraction of sp³-hybridized carbons (Fsp3) is 0.0800. The minimum atomic E-state index is -0.177. The molecule has 0 aliphatic carbocycles. The Hall–Kier alpha value is -2.71. The lowest BCUT2D eigenvalue weighted by Crippen LogP contribution is -2.21. The van der Waals surface area contributed by atoms with Crippen molar-refractivity contribution in [3.05, 3.63) is 96.1 Å². The largest absolute Gasteiger partial charge is 0.487 e. The van der Waals surface area contributed by atoms with Crippen LogP contribution in [0.5, 0.6) is 5.75 Å². The molecule has 1 aliphatic heterocycles. The summed E-state index contributed by atoms with van der Waals surface area (Å²) in [6.07, 6.45) is 1.83. The molecule has 0 radical (unpaired) electrons. The Morgan fingerprint density at radius 1 is 1.09 bits per heavy atom. The van der Waals surface area contributed by atoms with Crippen LogP contribution in [-0.2, 0) is 11.4 Å². The van der Waals surface area contributed by atoms with Crippen molar-refractivity contribution < 1.29 is 9.53 Å². The highest BCUT2D eigenvalue weighted by Gasteiger charge is 2.29. The smallest absolute Gasteiger partial charge is 0.280 e. The number of hydrazone groups is 1. The summed E-state index contributed by atoms with van der Waals surface area (Å²) < 4.78 is 8.13. The van der Waals surface area contributed by atoms with Crippen LogP contribution in [0.25, 0.3) is 6.08 Å². The van der Waals surface area contributed by atoms with E-state index >= 15 is 0 Å². The summed E-state index contributed by atoms with van der Waals surface area (Å²) in [6, 6.07) is 22.9. The highest BCUT2D eigenvalue weighted by molar-refractivity contribution is 14.1. The third kappa shape index (κ3) is 4.71. The summed E-state index contributed by atoms with van der Waals surface area (Å²) in [4.78, 5) is 13.1. The van der Waals surface area contributed by atoms with Crippen LogP contribution in [0, 0.1) is 18.5 Å². The summed E-state index contributed by atoms with van der Waals surface area (Å²) in [5, 5.41) is 15.2. The molecule has 32 heavy (non-hydrogen) atoms. The zero-order valence-electron chi connectivity index (χ0n) is 17.0. The molecule has 1 aliphatic rings. The van der Waals surface area contributed by atoms with Gasteiger partial charge in [-0.15, -0.1) is 0 Å². The van der Waals surface area contributed by atoms with Crippen LogP contribution in [0.15, 0.2) is 77.4 Å². The third-order valence-electron chi connectivity index (χ3n) is 4.91. The molecule has 0 spiro atoms. The van der Waals surface area contributed by atoms with Crippen LogP contribution in [0.2, 0.25) is 0 Å². The maximum absolute atomic E-state index is 13.1. The predicted molar refractivity (Wildman–Crippen MR) is 142 cm³/mol. The molecule has 7 heteroatoms. The predicted octanol–water partition coefficient (Wildman–Crippen LogP) is 6.15. The van der Waals surface area contributed by atoms with E-state index in [0.717, 1.165) is 24.0 Å². The number of amides is 1. The Morgan fingerprint density at radius 3 is 2.56 bits per heavy atom. The molecule has 0 fully saturated rings. The molecule has 1 heterocycles. The molecule has 0 atom stereocenters. The minimum absolute atomic E-state index is 0.177. The van der Waals surface area contributed by atoms with E-state index in [2.05, 4.69) is 56.4 Å². The van der Waals surface area contributed by atoms with Crippen LogP contribution < -0.4 is 9.75 Å². The van der Waals surface area contributed by atoms with Gasteiger partial charge in [0.25, 0.3) is 5.91 Å². The van der Waals surface area contributed by atoms with E-state index in [1.54, 1.807) is 6.07 Å². The van der Waals surface area contributed by atoms with Gasteiger partial charge in [-0.3, -0.25) is 4.79 Å². The van der Waals surface area contributed by atoms with Gasteiger partial charge in [0.1, 0.15) is 12.4 Å². The first-order chi connectivity index (χ1) is 15.5. The van der Waals surface area contributed by atoms with Gasteiger partial charge in [0.05, 0.1) is 32.2 Å². The first kappa shape index (κ1) is 22.5. The topological polar surface area (TPSA) is 65.7 Å². The lowest BCUT2D eigenvalue weighted by Gasteiger charge is -2.14. The summed E-state index contributed by atoms with van der Waals surface area (Å²) in [6.45, 7) is 2.09. The average Bonchev–Trinajstić information content (AvgIpc) is 3.07. The fourth-order valence-corrected chi connectivity index (χ4v) is 5.37. The van der Waals surface area contributed by atoms with Crippen LogP contribution in [-0.4, -0.2) is 11.6 Å². The van der Waals surface area contributed by atoms with Crippen molar-refractivity contribution in [1.82, 2.24) is 0 Å². The van der Waals surface area contributed by atoms with Crippen LogP contribution in [0.1, 0.15) is 23.6 Å². The van der Waals surface area contributed by atoms with Crippen molar-refractivity contribution in [3.63, 3.8) is 0 Å². The zero-order chi connectivity index (χ0) is 22.7. The molecule has 0 aromatic heterocycles. The van der Waals surface area contributed by atoms with E-state index < -0.39 is 0 Å². The second kappa shape index (κ2) is 9.83. The molecule has 4 rings (SSSR count). The van der Waals surface area contributed by atoms with Gasteiger partial charge >= 0.3 is 0 Å². The van der Waals surface area contributed by atoms with Crippen molar-refractivity contribution in [3.8, 4) is 11.8 Å². The molecule has 0 saturated carbocycles. The number of carbonyl (C=O) groups is 1. The minimum Gasteiger partial charge on any atom is -0.487 e. The number of ether oxygens (including phenoxy) is 1. The number of benzene rings is 3. The molecule has 0 bridgehead atoms. The Kier molecular flexibility index (Phi) is 6.91. The van der Waals surface area contributed by atoms with Crippen molar-refractivity contribution in [2.24, 2.45) is 5.10 Å². The highest BCUT2D eigenvalue weighted by Crippen LogP contribution is 2.33. The summed E-state index contributed by atoms with van der Waals surface area (Å²) >= 11 is 4.48. The lowest BCUT2D eigenvalue weighted by atomic mass is 10.1. The first-order valence-electron chi connectivity index (χ1n) is 9.74. The van der Waals surface area contributed by atoms with Crippen molar-refractivity contribution >= 4 is 68.6 Å². The number of nitrogens with zero attached hydrogens (tertiary/aromatic N) is 3. The van der Waals surface area contributed by atoms with Crippen LogP contribution >= 0.6 is 45.2 Å². The van der Waals surface area contributed by atoms with E-state index in [-0.39, 0.29) is 12.5 Å². The molecule has 3 aromatic carbocycles. The summed E-state index contributed by atoms with van der Waals surface area (Å²) in [5.74, 6) is 0.494. The summed E-state index contributed by atoms with van der Waals surface area (Å²) in [7, 11) is 0. The number of hydrogen-bond donors (Lipinski definition) is 0. The van der Waals surface area contributed by atoms with Crippen molar-refractivity contribution in [2.45, 2.75) is 13.5 Å². The Balaban J connectivity index is 1.68. The first-order valence-corrected chi connectivity index (χ1v) is 11.9. The average molecular weight is 645 g/mol. The Morgan fingerprint density at radius 2 is 1.81 bits per heavy atom. The molecular formula is C25H17I2N3O2. The molecule has 0 saturated heterocycles. The number of carbonyl (C=O) groups excluding carboxylic acids is 1. The van der Waals surface area contributed by atoms with Gasteiger partial charge in [0.15, 0.2) is 0 Å². The van der Waals surface area contributed by atoms with Gasteiger partial charge in [-0.2, -0.15) is 15.4 Å². The molecule has 3 aromatic rings.